The Morgan fingerprint density at radius 2 is 1.70 bits per heavy atom. The van der Waals surface area contributed by atoms with Crippen molar-refractivity contribution in [3.8, 4) is 5.75 Å². The Balaban J connectivity index is 1.74. The Morgan fingerprint density at radius 1 is 0.963 bits per heavy atom. The lowest BCUT2D eigenvalue weighted by atomic mass is 10.2. The van der Waals surface area contributed by atoms with Gasteiger partial charge in [-0.3, -0.25) is 0 Å². The molecule has 0 fully saturated rings. The van der Waals surface area contributed by atoms with Crippen molar-refractivity contribution in [1.29, 1.82) is 0 Å². The maximum atomic E-state index is 5.83. The van der Waals surface area contributed by atoms with Crippen LogP contribution in [0.3, 0.4) is 0 Å². The Bertz CT molecular complexity index is 880. The van der Waals surface area contributed by atoms with Gasteiger partial charge in [0, 0.05) is 25.5 Å². The van der Waals surface area contributed by atoms with Gasteiger partial charge in [-0.05, 0) is 50.2 Å². The number of benzene rings is 2. The highest BCUT2D eigenvalue weighted by molar-refractivity contribution is 5.65. The number of nitrogens with one attached hydrogen (secondary N) is 2. The molecule has 3 aromatic rings. The van der Waals surface area contributed by atoms with E-state index in [0.29, 0.717) is 11.8 Å². The van der Waals surface area contributed by atoms with E-state index in [2.05, 4.69) is 25.8 Å². The Hall–Kier alpha value is -3.35. The summed E-state index contributed by atoms with van der Waals surface area (Å²) in [6, 6.07) is 15.7. The topological polar surface area (TPSA) is 75.2 Å². The second-order valence-electron chi connectivity index (χ2n) is 6.52. The minimum atomic E-state index is 0.0823. The summed E-state index contributed by atoms with van der Waals surface area (Å²) in [4.78, 5) is 6.52. The highest BCUT2D eigenvalue weighted by Gasteiger charge is 2.08. The van der Waals surface area contributed by atoms with Crippen molar-refractivity contribution >= 4 is 28.8 Å². The number of anilines is 5. The first-order valence-electron chi connectivity index (χ1n) is 8.78. The molecule has 0 aliphatic carbocycles. The van der Waals surface area contributed by atoms with Crippen LogP contribution in [0.5, 0.6) is 5.75 Å². The first-order chi connectivity index (χ1) is 13.0. The smallest absolute Gasteiger partial charge is 0.249 e. The maximum Gasteiger partial charge on any atom is 0.249 e. The zero-order valence-electron chi connectivity index (χ0n) is 16.0. The lowest BCUT2D eigenvalue weighted by Gasteiger charge is -2.15. The maximum absolute atomic E-state index is 5.83. The molecule has 2 N–H and O–H groups in total. The standard InChI is InChI=1S/C20H24N6O/c1-14(2)27-18-8-6-5-7-17(18)23-19-13-21-25-20(24-19)22-15-9-11-16(12-10-15)26(3)4/h5-14H,1-4H3,(H2,22,23,24,25). The SMILES string of the molecule is CC(C)Oc1ccccc1Nc1cnnc(Nc2ccc(N(C)C)cc2)n1. The first-order valence-corrected chi connectivity index (χ1v) is 8.78. The van der Waals surface area contributed by atoms with Crippen LogP contribution in [0.15, 0.2) is 54.7 Å². The van der Waals surface area contributed by atoms with Crippen molar-refractivity contribution < 1.29 is 4.74 Å². The molecular formula is C20H24N6O. The van der Waals surface area contributed by atoms with Crippen molar-refractivity contribution in [1.82, 2.24) is 15.2 Å². The number of ether oxygens (including phenoxy) is 1. The average molecular weight is 364 g/mol. The third-order valence-electron chi connectivity index (χ3n) is 3.71. The van der Waals surface area contributed by atoms with Crippen molar-refractivity contribution in [3.63, 3.8) is 0 Å². The summed E-state index contributed by atoms with van der Waals surface area (Å²) in [6.07, 6.45) is 1.66. The summed E-state index contributed by atoms with van der Waals surface area (Å²) in [5.74, 6) is 1.76. The molecule has 0 saturated carbocycles. The number of aromatic nitrogens is 3. The molecule has 1 heterocycles. The highest BCUT2D eigenvalue weighted by Crippen LogP contribution is 2.27. The third kappa shape index (κ3) is 5.07. The summed E-state index contributed by atoms with van der Waals surface area (Å²) in [5, 5.41) is 14.5. The van der Waals surface area contributed by atoms with Crippen LogP contribution in [0.25, 0.3) is 0 Å². The van der Waals surface area contributed by atoms with Crippen LogP contribution in [0, 0.1) is 0 Å². The molecule has 0 aliphatic rings. The lowest BCUT2D eigenvalue weighted by Crippen LogP contribution is -2.08. The highest BCUT2D eigenvalue weighted by atomic mass is 16.5. The van der Waals surface area contributed by atoms with Gasteiger partial charge in [0.15, 0.2) is 5.82 Å². The number of hydrogen-bond acceptors (Lipinski definition) is 7. The molecule has 0 aliphatic heterocycles. The van der Waals surface area contributed by atoms with Crippen LogP contribution >= 0.6 is 0 Å². The fraction of sp³-hybridized carbons (Fsp3) is 0.250. The molecular weight excluding hydrogens is 340 g/mol. The number of hydrogen-bond donors (Lipinski definition) is 2. The van der Waals surface area contributed by atoms with Crippen LogP contribution in [-0.2, 0) is 0 Å². The molecule has 0 saturated heterocycles. The second kappa shape index (κ2) is 8.35. The molecule has 7 nitrogen and oxygen atoms in total. The molecule has 0 radical (unpaired) electrons. The zero-order chi connectivity index (χ0) is 19.2. The number of rotatable bonds is 7. The van der Waals surface area contributed by atoms with Gasteiger partial charge < -0.3 is 20.3 Å². The van der Waals surface area contributed by atoms with E-state index in [4.69, 9.17) is 4.74 Å². The molecule has 0 bridgehead atoms. The fourth-order valence-corrected chi connectivity index (χ4v) is 2.45. The molecule has 0 spiro atoms. The van der Waals surface area contributed by atoms with E-state index in [0.717, 1.165) is 22.8 Å². The van der Waals surface area contributed by atoms with E-state index < -0.39 is 0 Å². The van der Waals surface area contributed by atoms with E-state index >= 15 is 0 Å². The van der Waals surface area contributed by atoms with Crippen molar-refractivity contribution in [3.05, 3.63) is 54.7 Å². The molecule has 3 rings (SSSR count). The van der Waals surface area contributed by atoms with Crippen LogP contribution in [0.4, 0.5) is 28.8 Å². The molecule has 0 atom stereocenters. The fourth-order valence-electron chi connectivity index (χ4n) is 2.45. The average Bonchev–Trinajstić information content (AvgIpc) is 2.64. The van der Waals surface area contributed by atoms with Crippen LogP contribution in [0.1, 0.15) is 13.8 Å². The monoisotopic (exact) mass is 364 g/mol. The Labute approximate surface area is 159 Å². The summed E-state index contributed by atoms with van der Waals surface area (Å²) >= 11 is 0. The zero-order valence-corrected chi connectivity index (χ0v) is 16.0. The molecule has 0 unspecified atom stereocenters. The summed E-state index contributed by atoms with van der Waals surface area (Å²) in [6.45, 7) is 3.99. The molecule has 140 valence electrons. The number of para-hydroxylation sites is 2. The van der Waals surface area contributed by atoms with Crippen LogP contribution in [0.2, 0.25) is 0 Å². The second-order valence-corrected chi connectivity index (χ2v) is 6.52. The van der Waals surface area contributed by atoms with Gasteiger partial charge in [0.1, 0.15) is 5.75 Å². The first kappa shape index (κ1) is 18.4. The summed E-state index contributed by atoms with van der Waals surface area (Å²) < 4.78 is 5.83. The summed E-state index contributed by atoms with van der Waals surface area (Å²) in [7, 11) is 4.01. The third-order valence-corrected chi connectivity index (χ3v) is 3.71. The largest absolute Gasteiger partial charge is 0.489 e. The molecule has 7 heteroatoms. The van der Waals surface area contributed by atoms with E-state index in [9.17, 15) is 0 Å². The van der Waals surface area contributed by atoms with Crippen molar-refractivity contribution in [2.45, 2.75) is 20.0 Å². The van der Waals surface area contributed by atoms with Gasteiger partial charge in [0.2, 0.25) is 5.95 Å². The van der Waals surface area contributed by atoms with Gasteiger partial charge in [-0.25, -0.2) is 0 Å². The minimum Gasteiger partial charge on any atom is -0.489 e. The molecule has 27 heavy (non-hydrogen) atoms. The van der Waals surface area contributed by atoms with Gasteiger partial charge in [0.05, 0.1) is 18.0 Å². The van der Waals surface area contributed by atoms with Crippen molar-refractivity contribution in [2.24, 2.45) is 0 Å². The molecule has 2 aromatic carbocycles. The quantitative estimate of drug-likeness (QED) is 0.650. The Morgan fingerprint density at radius 3 is 2.41 bits per heavy atom. The van der Waals surface area contributed by atoms with Crippen LogP contribution < -0.4 is 20.3 Å². The molecule has 0 amide bonds. The van der Waals surface area contributed by atoms with Crippen LogP contribution in [-0.4, -0.2) is 35.4 Å². The van der Waals surface area contributed by atoms with E-state index in [1.807, 2.05) is 81.4 Å². The van der Waals surface area contributed by atoms with Gasteiger partial charge in [-0.1, -0.05) is 12.1 Å². The van der Waals surface area contributed by atoms with Gasteiger partial charge in [0.25, 0.3) is 0 Å². The van der Waals surface area contributed by atoms with E-state index in [1.54, 1.807) is 6.20 Å². The van der Waals surface area contributed by atoms with Crippen molar-refractivity contribution in [2.75, 3.05) is 29.6 Å². The predicted octanol–water partition coefficient (Wildman–Crippen LogP) is 4.21. The van der Waals surface area contributed by atoms with E-state index in [-0.39, 0.29) is 6.10 Å². The Kier molecular flexibility index (Phi) is 5.71. The minimum absolute atomic E-state index is 0.0823. The van der Waals surface area contributed by atoms with Gasteiger partial charge in [-0.2, -0.15) is 10.1 Å². The number of nitrogens with zero attached hydrogens (tertiary/aromatic N) is 4. The normalized spacial score (nSPS) is 10.6. The summed E-state index contributed by atoms with van der Waals surface area (Å²) in [5.41, 5.74) is 2.84. The molecule has 1 aromatic heterocycles. The lowest BCUT2D eigenvalue weighted by molar-refractivity contribution is 0.244. The van der Waals surface area contributed by atoms with Gasteiger partial charge in [-0.15, -0.1) is 5.10 Å². The predicted molar refractivity (Wildman–Crippen MR) is 109 cm³/mol. The van der Waals surface area contributed by atoms with E-state index in [1.165, 1.54) is 0 Å². The van der Waals surface area contributed by atoms with Gasteiger partial charge >= 0.3 is 0 Å².